The van der Waals surface area contributed by atoms with Gasteiger partial charge < -0.3 is 16.0 Å². The molecule has 0 atom stereocenters. The van der Waals surface area contributed by atoms with Crippen molar-refractivity contribution in [3.05, 3.63) is 30.3 Å². The maximum Gasteiger partial charge on any atom is 0.322 e. The zero-order valence-corrected chi connectivity index (χ0v) is 10.6. The fourth-order valence-corrected chi connectivity index (χ4v) is 2.13. The van der Waals surface area contributed by atoms with E-state index in [4.69, 9.17) is 5.73 Å². The van der Waals surface area contributed by atoms with Crippen LogP contribution in [0.1, 0.15) is 25.7 Å². The molecule has 1 aromatic rings. The van der Waals surface area contributed by atoms with Crippen LogP contribution in [0.15, 0.2) is 30.3 Å². The molecule has 4 heteroatoms. The van der Waals surface area contributed by atoms with E-state index in [0.717, 1.165) is 31.5 Å². The van der Waals surface area contributed by atoms with Gasteiger partial charge in [0.15, 0.2) is 0 Å². The lowest BCUT2D eigenvalue weighted by molar-refractivity contribution is 0.148. The van der Waals surface area contributed by atoms with Crippen molar-refractivity contribution in [2.24, 2.45) is 5.73 Å². The second-order valence-electron chi connectivity index (χ2n) is 4.72. The number of hydrogen-bond donors (Lipinski definition) is 2. The van der Waals surface area contributed by atoms with Crippen LogP contribution in [0.5, 0.6) is 0 Å². The highest BCUT2D eigenvalue weighted by molar-refractivity contribution is 5.89. The molecule has 1 fully saturated rings. The first kappa shape index (κ1) is 12.9. The van der Waals surface area contributed by atoms with E-state index >= 15 is 0 Å². The van der Waals surface area contributed by atoms with Crippen LogP contribution >= 0.6 is 0 Å². The van der Waals surface area contributed by atoms with E-state index in [2.05, 4.69) is 5.32 Å². The molecule has 0 radical (unpaired) electrons. The Morgan fingerprint density at radius 1 is 1.33 bits per heavy atom. The first-order valence-corrected chi connectivity index (χ1v) is 6.64. The molecule has 0 aromatic heterocycles. The summed E-state index contributed by atoms with van der Waals surface area (Å²) in [5.41, 5.74) is 6.38. The number of anilines is 1. The number of nitrogens with one attached hydrogen (secondary N) is 1. The Hall–Kier alpha value is -1.55. The molecule has 98 valence electrons. The van der Waals surface area contributed by atoms with Crippen LogP contribution in [0.25, 0.3) is 0 Å². The third-order valence-corrected chi connectivity index (χ3v) is 3.40. The van der Waals surface area contributed by atoms with Crippen LogP contribution in [0.3, 0.4) is 0 Å². The third kappa shape index (κ3) is 3.23. The predicted octanol–water partition coefficient (Wildman–Crippen LogP) is 2.42. The summed E-state index contributed by atoms with van der Waals surface area (Å²) in [6.45, 7) is 1.38. The van der Waals surface area contributed by atoms with E-state index in [0.29, 0.717) is 12.6 Å². The Balaban J connectivity index is 1.94. The molecule has 0 heterocycles. The third-order valence-electron chi connectivity index (χ3n) is 3.40. The summed E-state index contributed by atoms with van der Waals surface area (Å²) in [6, 6.07) is 9.99. The van der Waals surface area contributed by atoms with Gasteiger partial charge in [-0.1, -0.05) is 18.2 Å². The van der Waals surface area contributed by atoms with Gasteiger partial charge in [0.05, 0.1) is 0 Å². The molecule has 0 saturated heterocycles. The van der Waals surface area contributed by atoms with E-state index in [1.54, 1.807) is 0 Å². The molecule has 1 aromatic carbocycles. The quantitative estimate of drug-likeness (QED) is 0.839. The van der Waals surface area contributed by atoms with Crippen LogP contribution < -0.4 is 11.1 Å². The normalized spacial score (nSPS) is 14.9. The summed E-state index contributed by atoms with van der Waals surface area (Å²) >= 11 is 0. The number of benzene rings is 1. The van der Waals surface area contributed by atoms with E-state index in [-0.39, 0.29) is 6.03 Å². The molecule has 1 aliphatic rings. The molecular formula is C14H21N3O. The molecule has 2 amide bonds. The number of nitrogens with two attached hydrogens (primary N) is 1. The highest BCUT2D eigenvalue weighted by Gasteiger charge is 2.28. The summed E-state index contributed by atoms with van der Waals surface area (Å²) in [6.07, 6.45) is 4.32. The molecule has 3 N–H and O–H groups in total. The van der Waals surface area contributed by atoms with Gasteiger partial charge in [0.25, 0.3) is 0 Å². The number of carbonyl (C=O) groups is 1. The summed E-state index contributed by atoms with van der Waals surface area (Å²) < 4.78 is 0. The lowest BCUT2D eigenvalue weighted by Gasteiger charge is -2.37. The number of urea groups is 1. The lowest BCUT2D eigenvalue weighted by atomic mass is 9.91. The Kier molecular flexibility index (Phi) is 4.59. The summed E-state index contributed by atoms with van der Waals surface area (Å²) in [5.74, 6) is 0. The van der Waals surface area contributed by atoms with E-state index in [9.17, 15) is 4.79 Å². The number of rotatable bonds is 5. The first-order valence-electron chi connectivity index (χ1n) is 6.64. The van der Waals surface area contributed by atoms with Crippen LogP contribution in [0.2, 0.25) is 0 Å². The van der Waals surface area contributed by atoms with Crippen molar-refractivity contribution in [2.45, 2.75) is 31.7 Å². The first-order chi connectivity index (χ1) is 8.81. The maximum atomic E-state index is 12.2. The van der Waals surface area contributed by atoms with Crippen LogP contribution in [-0.2, 0) is 0 Å². The van der Waals surface area contributed by atoms with Gasteiger partial charge in [0, 0.05) is 18.3 Å². The fourth-order valence-electron chi connectivity index (χ4n) is 2.13. The molecule has 2 rings (SSSR count). The van der Waals surface area contributed by atoms with E-state index < -0.39 is 0 Å². The van der Waals surface area contributed by atoms with Gasteiger partial charge in [-0.15, -0.1) is 0 Å². The number of para-hydroxylation sites is 1. The van der Waals surface area contributed by atoms with E-state index in [1.807, 2.05) is 35.2 Å². The van der Waals surface area contributed by atoms with Crippen molar-refractivity contribution >= 4 is 11.7 Å². The highest BCUT2D eigenvalue weighted by atomic mass is 16.2. The lowest BCUT2D eigenvalue weighted by Crippen LogP contribution is -2.47. The van der Waals surface area contributed by atoms with Gasteiger partial charge in [0.2, 0.25) is 0 Å². The summed E-state index contributed by atoms with van der Waals surface area (Å²) in [5, 5.41) is 2.95. The van der Waals surface area contributed by atoms with Crippen molar-refractivity contribution < 1.29 is 4.79 Å². The molecule has 18 heavy (non-hydrogen) atoms. The Bertz CT molecular complexity index is 376. The van der Waals surface area contributed by atoms with Crippen LogP contribution in [0.4, 0.5) is 10.5 Å². The van der Waals surface area contributed by atoms with Gasteiger partial charge in [-0.2, -0.15) is 0 Å². The van der Waals surface area contributed by atoms with Gasteiger partial charge in [0.1, 0.15) is 0 Å². The average molecular weight is 247 g/mol. The Labute approximate surface area is 108 Å². The zero-order chi connectivity index (χ0) is 12.8. The van der Waals surface area contributed by atoms with Crippen LogP contribution in [0, 0.1) is 0 Å². The minimum atomic E-state index is -0.000602. The van der Waals surface area contributed by atoms with Crippen molar-refractivity contribution in [1.29, 1.82) is 0 Å². The Morgan fingerprint density at radius 3 is 2.61 bits per heavy atom. The second kappa shape index (κ2) is 6.40. The SMILES string of the molecule is NCCCN(C(=O)Nc1ccccc1)C1CCC1. The van der Waals surface area contributed by atoms with Crippen LogP contribution in [-0.4, -0.2) is 30.1 Å². The number of hydrogen-bond acceptors (Lipinski definition) is 2. The number of carbonyl (C=O) groups excluding carboxylic acids is 1. The minimum Gasteiger partial charge on any atom is -0.330 e. The predicted molar refractivity (Wildman–Crippen MR) is 73.5 cm³/mol. The smallest absolute Gasteiger partial charge is 0.322 e. The number of nitrogens with zero attached hydrogens (tertiary/aromatic N) is 1. The summed E-state index contributed by atoms with van der Waals surface area (Å²) in [4.78, 5) is 14.2. The molecule has 1 aliphatic carbocycles. The van der Waals surface area contributed by atoms with Gasteiger partial charge in [-0.3, -0.25) is 0 Å². The second-order valence-corrected chi connectivity index (χ2v) is 4.72. The van der Waals surface area contributed by atoms with Gasteiger partial charge in [-0.25, -0.2) is 4.79 Å². The molecule has 1 saturated carbocycles. The Morgan fingerprint density at radius 2 is 2.06 bits per heavy atom. The number of amides is 2. The fraction of sp³-hybridized carbons (Fsp3) is 0.500. The average Bonchev–Trinajstić information content (AvgIpc) is 2.33. The molecule has 0 spiro atoms. The zero-order valence-electron chi connectivity index (χ0n) is 10.6. The monoisotopic (exact) mass is 247 g/mol. The van der Waals surface area contributed by atoms with Crippen molar-refractivity contribution in [3.8, 4) is 0 Å². The highest BCUT2D eigenvalue weighted by Crippen LogP contribution is 2.25. The molecule has 0 aliphatic heterocycles. The van der Waals surface area contributed by atoms with Crippen molar-refractivity contribution in [3.63, 3.8) is 0 Å². The van der Waals surface area contributed by atoms with Gasteiger partial charge >= 0.3 is 6.03 Å². The molecule has 0 bridgehead atoms. The topological polar surface area (TPSA) is 58.4 Å². The van der Waals surface area contributed by atoms with Crippen molar-refractivity contribution in [1.82, 2.24) is 4.90 Å². The minimum absolute atomic E-state index is 0.000602. The summed E-state index contributed by atoms with van der Waals surface area (Å²) in [7, 11) is 0. The standard InChI is InChI=1S/C14H21N3O/c15-10-5-11-17(13-8-4-9-13)14(18)16-12-6-2-1-3-7-12/h1-3,6-7,13H,4-5,8-11,15H2,(H,16,18). The molecular weight excluding hydrogens is 226 g/mol. The maximum absolute atomic E-state index is 12.2. The molecule has 0 unspecified atom stereocenters. The largest absolute Gasteiger partial charge is 0.330 e. The van der Waals surface area contributed by atoms with E-state index in [1.165, 1.54) is 6.42 Å². The van der Waals surface area contributed by atoms with Crippen molar-refractivity contribution in [2.75, 3.05) is 18.4 Å². The molecule has 4 nitrogen and oxygen atoms in total. The van der Waals surface area contributed by atoms with Gasteiger partial charge in [-0.05, 0) is 44.4 Å².